The summed E-state index contributed by atoms with van der Waals surface area (Å²) in [7, 11) is 1.58. The van der Waals surface area contributed by atoms with Crippen LogP contribution in [0.25, 0.3) is 0 Å². The minimum Gasteiger partial charge on any atom is -0.495 e. The van der Waals surface area contributed by atoms with Gasteiger partial charge in [-0.15, -0.1) is 0 Å². The number of hydrogen-bond acceptors (Lipinski definition) is 4. The third-order valence-corrected chi connectivity index (χ3v) is 3.96. The summed E-state index contributed by atoms with van der Waals surface area (Å²) in [5.74, 6) is 5.98. The molecule has 0 aliphatic carbocycles. The van der Waals surface area contributed by atoms with Gasteiger partial charge in [0.25, 0.3) is 0 Å². The lowest BCUT2D eigenvalue weighted by Gasteiger charge is -2.19. The van der Waals surface area contributed by atoms with E-state index in [4.69, 9.17) is 10.6 Å². The first kappa shape index (κ1) is 14.9. The van der Waals surface area contributed by atoms with Gasteiger partial charge in [0.1, 0.15) is 11.6 Å². The first-order chi connectivity index (χ1) is 9.67. The number of hydrogen-bond donors (Lipinski definition) is 2. The molecule has 106 valence electrons. The Balaban J connectivity index is 2.31. The highest BCUT2D eigenvalue weighted by molar-refractivity contribution is 9.10. The molecule has 0 radical (unpaired) electrons. The van der Waals surface area contributed by atoms with Crippen LogP contribution in [0.5, 0.6) is 5.75 Å². The summed E-state index contributed by atoms with van der Waals surface area (Å²) in [6.07, 6.45) is 3.82. The molecule has 1 atom stereocenters. The van der Waals surface area contributed by atoms with Crippen LogP contribution in [0.1, 0.15) is 17.2 Å². The van der Waals surface area contributed by atoms with E-state index < -0.39 is 0 Å². The maximum absolute atomic E-state index is 13.5. The monoisotopic (exact) mass is 339 g/mol. The van der Waals surface area contributed by atoms with Gasteiger partial charge in [-0.3, -0.25) is 16.3 Å². The van der Waals surface area contributed by atoms with Crippen LogP contribution in [0.4, 0.5) is 4.39 Å². The Bertz CT molecular complexity index is 594. The van der Waals surface area contributed by atoms with Crippen molar-refractivity contribution in [1.82, 2.24) is 10.4 Å². The van der Waals surface area contributed by atoms with Gasteiger partial charge in [-0.25, -0.2) is 4.39 Å². The Kier molecular flexibility index (Phi) is 5.05. The van der Waals surface area contributed by atoms with E-state index >= 15 is 0 Å². The number of pyridine rings is 1. The second kappa shape index (κ2) is 6.78. The molecule has 1 unspecified atom stereocenters. The van der Waals surface area contributed by atoms with E-state index in [9.17, 15) is 4.39 Å². The minimum atomic E-state index is -0.292. The fourth-order valence-corrected chi connectivity index (χ4v) is 2.46. The van der Waals surface area contributed by atoms with Crippen LogP contribution in [0.15, 0.2) is 41.1 Å². The quantitative estimate of drug-likeness (QED) is 0.649. The average Bonchev–Trinajstić information content (AvgIpc) is 2.49. The van der Waals surface area contributed by atoms with Crippen molar-refractivity contribution >= 4 is 15.9 Å². The highest BCUT2D eigenvalue weighted by atomic mass is 79.9. The molecule has 0 amide bonds. The van der Waals surface area contributed by atoms with Crippen LogP contribution in [0.2, 0.25) is 0 Å². The number of ether oxygens (including phenoxy) is 1. The zero-order chi connectivity index (χ0) is 14.5. The van der Waals surface area contributed by atoms with Gasteiger partial charge in [0.05, 0.1) is 23.8 Å². The molecule has 4 nitrogen and oxygen atoms in total. The van der Waals surface area contributed by atoms with Crippen molar-refractivity contribution < 1.29 is 9.13 Å². The summed E-state index contributed by atoms with van der Waals surface area (Å²) in [4.78, 5) is 4.01. The van der Waals surface area contributed by atoms with Crippen molar-refractivity contribution in [2.24, 2.45) is 5.84 Å². The van der Waals surface area contributed by atoms with Crippen molar-refractivity contribution in [2.75, 3.05) is 7.11 Å². The fraction of sp³-hybridized carbons (Fsp3) is 0.214. The number of halogens is 2. The summed E-state index contributed by atoms with van der Waals surface area (Å²) in [5.41, 5.74) is 4.44. The van der Waals surface area contributed by atoms with Gasteiger partial charge in [0.15, 0.2) is 0 Å². The number of methoxy groups -OCH3 is 1. The summed E-state index contributed by atoms with van der Waals surface area (Å²) >= 11 is 3.26. The molecule has 1 aromatic heterocycles. The molecule has 0 aliphatic heterocycles. The van der Waals surface area contributed by atoms with Crippen LogP contribution >= 0.6 is 15.9 Å². The average molecular weight is 340 g/mol. The molecule has 0 fully saturated rings. The molecule has 6 heteroatoms. The lowest BCUT2D eigenvalue weighted by Crippen LogP contribution is -2.30. The van der Waals surface area contributed by atoms with Crippen molar-refractivity contribution in [3.63, 3.8) is 0 Å². The summed E-state index contributed by atoms with van der Waals surface area (Å²) in [5, 5.41) is 0. The molecule has 0 saturated heterocycles. The van der Waals surface area contributed by atoms with E-state index in [0.29, 0.717) is 16.6 Å². The van der Waals surface area contributed by atoms with Crippen molar-refractivity contribution in [2.45, 2.75) is 12.5 Å². The third kappa shape index (κ3) is 3.15. The predicted octanol–water partition coefficient (Wildman–Crippen LogP) is 2.74. The summed E-state index contributed by atoms with van der Waals surface area (Å²) < 4.78 is 19.3. The first-order valence-electron chi connectivity index (χ1n) is 6.04. The molecule has 0 aliphatic rings. The van der Waals surface area contributed by atoms with Gasteiger partial charge in [-0.2, -0.15) is 0 Å². The third-order valence-electron chi connectivity index (χ3n) is 3.07. The number of nitrogens with one attached hydrogen (secondary N) is 1. The zero-order valence-electron chi connectivity index (χ0n) is 10.9. The summed E-state index contributed by atoms with van der Waals surface area (Å²) in [6, 6.07) is 6.56. The Labute approximate surface area is 125 Å². The lowest BCUT2D eigenvalue weighted by molar-refractivity contribution is 0.397. The number of nitrogens with two attached hydrogens (primary N) is 1. The van der Waals surface area contributed by atoms with E-state index in [1.54, 1.807) is 25.6 Å². The SMILES string of the molecule is COc1cnccc1C(Cc1cccc(F)c1Br)NN. The van der Waals surface area contributed by atoms with Gasteiger partial charge in [0, 0.05) is 11.8 Å². The molecule has 2 rings (SSSR count). The molecule has 1 aromatic carbocycles. The minimum absolute atomic E-state index is 0.203. The highest BCUT2D eigenvalue weighted by Gasteiger charge is 2.17. The largest absolute Gasteiger partial charge is 0.495 e. The van der Waals surface area contributed by atoms with Gasteiger partial charge in [-0.1, -0.05) is 12.1 Å². The van der Waals surface area contributed by atoms with Gasteiger partial charge in [0.2, 0.25) is 0 Å². The summed E-state index contributed by atoms with van der Waals surface area (Å²) in [6.45, 7) is 0. The Morgan fingerprint density at radius 2 is 2.25 bits per heavy atom. The Morgan fingerprint density at radius 1 is 1.45 bits per heavy atom. The van der Waals surface area contributed by atoms with Gasteiger partial charge in [-0.05, 0) is 40.0 Å². The number of nitrogens with zero attached hydrogens (tertiary/aromatic N) is 1. The molecular weight excluding hydrogens is 325 g/mol. The fourth-order valence-electron chi connectivity index (χ4n) is 2.03. The maximum Gasteiger partial charge on any atom is 0.141 e. The number of benzene rings is 1. The highest BCUT2D eigenvalue weighted by Crippen LogP contribution is 2.29. The smallest absolute Gasteiger partial charge is 0.141 e. The zero-order valence-corrected chi connectivity index (χ0v) is 12.5. The molecule has 0 spiro atoms. The van der Waals surface area contributed by atoms with Crippen molar-refractivity contribution in [1.29, 1.82) is 0 Å². The molecule has 0 bridgehead atoms. The normalized spacial score (nSPS) is 12.2. The topological polar surface area (TPSA) is 60.2 Å². The lowest BCUT2D eigenvalue weighted by atomic mass is 9.99. The van der Waals surface area contributed by atoms with Crippen molar-refractivity contribution in [3.05, 3.63) is 58.1 Å². The van der Waals surface area contributed by atoms with Crippen molar-refractivity contribution in [3.8, 4) is 5.75 Å². The maximum atomic E-state index is 13.5. The van der Waals surface area contributed by atoms with E-state index in [1.165, 1.54) is 6.07 Å². The van der Waals surface area contributed by atoms with Crippen LogP contribution in [0, 0.1) is 5.82 Å². The number of hydrazine groups is 1. The molecular formula is C14H15BrFN3O. The Morgan fingerprint density at radius 3 is 2.95 bits per heavy atom. The van der Waals surface area contributed by atoms with Crippen LogP contribution in [-0.2, 0) is 6.42 Å². The van der Waals surface area contributed by atoms with Crippen LogP contribution in [-0.4, -0.2) is 12.1 Å². The molecule has 2 aromatic rings. The number of rotatable bonds is 5. The van der Waals surface area contributed by atoms with Crippen LogP contribution < -0.4 is 16.0 Å². The van der Waals surface area contributed by atoms with Gasteiger partial charge < -0.3 is 4.74 Å². The van der Waals surface area contributed by atoms with E-state index in [0.717, 1.165) is 11.1 Å². The molecule has 20 heavy (non-hydrogen) atoms. The second-order valence-electron chi connectivity index (χ2n) is 4.25. The van der Waals surface area contributed by atoms with Gasteiger partial charge >= 0.3 is 0 Å². The van der Waals surface area contributed by atoms with E-state index in [1.807, 2.05) is 12.1 Å². The molecule has 1 heterocycles. The second-order valence-corrected chi connectivity index (χ2v) is 5.05. The molecule has 3 N–H and O–H groups in total. The first-order valence-corrected chi connectivity index (χ1v) is 6.83. The standard InChI is InChI=1S/C14H15BrFN3O/c1-20-13-8-18-6-5-10(13)12(19-17)7-9-3-2-4-11(16)14(9)15/h2-6,8,12,19H,7,17H2,1H3. The predicted molar refractivity (Wildman–Crippen MR) is 78.7 cm³/mol. The van der Waals surface area contributed by atoms with E-state index in [-0.39, 0.29) is 11.9 Å². The molecule has 0 saturated carbocycles. The van der Waals surface area contributed by atoms with Crippen LogP contribution in [0.3, 0.4) is 0 Å². The Hall–Kier alpha value is -1.50. The number of aromatic nitrogens is 1. The van der Waals surface area contributed by atoms with E-state index in [2.05, 4.69) is 26.3 Å².